The minimum Gasteiger partial charge on any atom is -0.497 e. The lowest BCUT2D eigenvalue weighted by Crippen LogP contribution is -2.22. The Balaban J connectivity index is 1.72. The van der Waals surface area contributed by atoms with Gasteiger partial charge < -0.3 is 14.6 Å². The van der Waals surface area contributed by atoms with E-state index >= 15 is 0 Å². The minimum absolute atomic E-state index is 0.0754. The number of amides is 1. The van der Waals surface area contributed by atoms with Crippen molar-refractivity contribution in [2.75, 3.05) is 7.11 Å². The maximum Gasteiger partial charge on any atom is 0.251 e. The van der Waals surface area contributed by atoms with Crippen molar-refractivity contribution >= 4 is 16.8 Å². The normalized spacial score (nSPS) is 10.6. The van der Waals surface area contributed by atoms with Crippen LogP contribution in [0.2, 0.25) is 0 Å². The zero-order valence-corrected chi connectivity index (χ0v) is 12.7. The highest BCUT2D eigenvalue weighted by Gasteiger charge is 2.07. The van der Waals surface area contributed by atoms with Gasteiger partial charge in [-0.15, -0.1) is 0 Å². The number of hydrogen-bond acceptors (Lipinski definition) is 2. The number of benzene rings is 2. The van der Waals surface area contributed by atoms with E-state index in [4.69, 9.17) is 4.74 Å². The molecule has 4 heteroatoms. The van der Waals surface area contributed by atoms with E-state index in [2.05, 4.69) is 5.32 Å². The number of hydrogen-bond donors (Lipinski definition) is 1. The van der Waals surface area contributed by atoms with Gasteiger partial charge in [-0.2, -0.15) is 0 Å². The molecule has 0 bridgehead atoms. The number of methoxy groups -OCH3 is 1. The predicted octanol–water partition coefficient (Wildman–Crippen LogP) is 3.12. The lowest BCUT2D eigenvalue weighted by Gasteiger charge is -2.07. The molecule has 0 saturated carbocycles. The molecule has 0 aliphatic rings. The number of fused-ring (bicyclic) bond motifs is 1. The van der Waals surface area contributed by atoms with Crippen LogP contribution in [0.5, 0.6) is 5.75 Å². The Hall–Kier alpha value is -2.75. The molecule has 1 amide bonds. The first-order chi connectivity index (χ1) is 10.7. The number of carbonyl (C=O) groups is 1. The number of carbonyl (C=O) groups excluding carboxylic acids is 1. The van der Waals surface area contributed by atoms with Gasteiger partial charge >= 0.3 is 0 Å². The maximum absolute atomic E-state index is 12.3. The number of ether oxygens (including phenoxy) is 1. The van der Waals surface area contributed by atoms with Crippen LogP contribution in [0.1, 0.15) is 15.9 Å². The molecular weight excluding hydrogens is 276 g/mol. The largest absolute Gasteiger partial charge is 0.497 e. The first kappa shape index (κ1) is 14.2. The summed E-state index contributed by atoms with van der Waals surface area (Å²) in [7, 11) is 3.62. The first-order valence-corrected chi connectivity index (χ1v) is 7.13. The van der Waals surface area contributed by atoms with Crippen LogP contribution in [-0.2, 0) is 13.6 Å². The molecule has 0 fully saturated rings. The molecule has 4 nitrogen and oxygen atoms in total. The molecule has 0 aliphatic carbocycles. The van der Waals surface area contributed by atoms with Crippen LogP contribution in [0.15, 0.2) is 54.7 Å². The van der Waals surface area contributed by atoms with E-state index in [1.807, 2.05) is 66.3 Å². The van der Waals surface area contributed by atoms with Crippen molar-refractivity contribution in [3.8, 4) is 5.75 Å². The lowest BCUT2D eigenvalue weighted by atomic mass is 10.1. The Morgan fingerprint density at radius 1 is 1.18 bits per heavy atom. The van der Waals surface area contributed by atoms with Gasteiger partial charge in [-0.25, -0.2) is 0 Å². The van der Waals surface area contributed by atoms with Crippen LogP contribution in [0.3, 0.4) is 0 Å². The Kier molecular flexibility index (Phi) is 3.83. The van der Waals surface area contributed by atoms with E-state index in [1.54, 1.807) is 7.11 Å². The summed E-state index contributed by atoms with van der Waals surface area (Å²) >= 11 is 0. The SMILES string of the molecule is COc1cccc(CNC(=O)c2ccc3c(ccn3C)c2)c1. The predicted molar refractivity (Wildman–Crippen MR) is 87.1 cm³/mol. The molecule has 0 saturated heterocycles. The average Bonchev–Trinajstić information content (AvgIpc) is 2.93. The minimum atomic E-state index is -0.0754. The van der Waals surface area contributed by atoms with Crippen molar-refractivity contribution in [2.24, 2.45) is 7.05 Å². The van der Waals surface area contributed by atoms with Crippen LogP contribution >= 0.6 is 0 Å². The lowest BCUT2D eigenvalue weighted by molar-refractivity contribution is 0.0951. The van der Waals surface area contributed by atoms with E-state index < -0.39 is 0 Å². The number of rotatable bonds is 4. The second-order valence-electron chi connectivity index (χ2n) is 5.23. The van der Waals surface area contributed by atoms with Crippen LogP contribution in [0.25, 0.3) is 10.9 Å². The van der Waals surface area contributed by atoms with E-state index in [0.717, 1.165) is 22.2 Å². The summed E-state index contributed by atoms with van der Waals surface area (Å²) in [5.41, 5.74) is 2.79. The molecule has 0 unspecified atom stereocenters. The van der Waals surface area contributed by atoms with Gasteiger partial charge in [-0.05, 0) is 42.0 Å². The summed E-state index contributed by atoms with van der Waals surface area (Å²) in [6.07, 6.45) is 1.99. The van der Waals surface area contributed by atoms with Crippen LogP contribution in [0.4, 0.5) is 0 Å². The van der Waals surface area contributed by atoms with Gasteiger partial charge in [0.15, 0.2) is 0 Å². The second kappa shape index (κ2) is 5.93. The molecule has 3 aromatic rings. The monoisotopic (exact) mass is 294 g/mol. The molecule has 112 valence electrons. The highest BCUT2D eigenvalue weighted by molar-refractivity contribution is 5.98. The summed E-state index contributed by atoms with van der Waals surface area (Å²) < 4.78 is 7.22. The zero-order valence-electron chi connectivity index (χ0n) is 12.7. The quantitative estimate of drug-likeness (QED) is 0.803. The maximum atomic E-state index is 12.3. The topological polar surface area (TPSA) is 43.3 Å². The molecule has 0 radical (unpaired) electrons. The average molecular weight is 294 g/mol. The summed E-state index contributed by atoms with van der Waals surface area (Å²) in [6, 6.07) is 15.4. The Bertz CT molecular complexity index is 821. The van der Waals surface area contributed by atoms with E-state index in [-0.39, 0.29) is 5.91 Å². The third-order valence-electron chi connectivity index (χ3n) is 3.73. The third kappa shape index (κ3) is 2.81. The van der Waals surface area contributed by atoms with Crippen LogP contribution in [-0.4, -0.2) is 17.6 Å². The standard InChI is InChI=1S/C18H18N2O2/c1-20-9-8-14-11-15(6-7-17(14)20)18(21)19-12-13-4-3-5-16(10-13)22-2/h3-11H,12H2,1-2H3,(H,19,21). The number of aryl methyl sites for hydroxylation is 1. The highest BCUT2D eigenvalue weighted by atomic mass is 16.5. The Morgan fingerprint density at radius 2 is 2.05 bits per heavy atom. The molecule has 1 aromatic heterocycles. The van der Waals surface area contributed by atoms with Gasteiger partial charge in [0.25, 0.3) is 5.91 Å². The van der Waals surface area contributed by atoms with Crippen molar-refractivity contribution in [1.29, 1.82) is 0 Å². The molecule has 22 heavy (non-hydrogen) atoms. The smallest absolute Gasteiger partial charge is 0.251 e. The van der Waals surface area contributed by atoms with E-state index in [9.17, 15) is 4.79 Å². The van der Waals surface area contributed by atoms with E-state index in [0.29, 0.717) is 12.1 Å². The highest BCUT2D eigenvalue weighted by Crippen LogP contribution is 2.17. The summed E-state index contributed by atoms with van der Waals surface area (Å²) in [4.78, 5) is 12.3. The summed E-state index contributed by atoms with van der Waals surface area (Å²) in [6.45, 7) is 0.475. The molecule has 0 aliphatic heterocycles. The summed E-state index contributed by atoms with van der Waals surface area (Å²) in [5.74, 6) is 0.714. The second-order valence-corrected chi connectivity index (χ2v) is 5.23. The molecular formula is C18H18N2O2. The fraction of sp³-hybridized carbons (Fsp3) is 0.167. The van der Waals surface area contributed by atoms with Crippen LogP contribution < -0.4 is 10.1 Å². The fourth-order valence-electron chi connectivity index (χ4n) is 2.49. The van der Waals surface area contributed by atoms with Gasteiger partial charge in [0, 0.05) is 36.3 Å². The van der Waals surface area contributed by atoms with Crippen molar-refractivity contribution in [1.82, 2.24) is 9.88 Å². The van der Waals surface area contributed by atoms with E-state index in [1.165, 1.54) is 0 Å². The van der Waals surface area contributed by atoms with Crippen molar-refractivity contribution in [2.45, 2.75) is 6.54 Å². The summed E-state index contributed by atoms with van der Waals surface area (Å²) in [5, 5.41) is 4.00. The Morgan fingerprint density at radius 3 is 2.86 bits per heavy atom. The number of nitrogens with one attached hydrogen (secondary N) is 1. The Labute approximate surface area is 129 Å². The van der Waals surface area contributed by atoms with Gasteiger partial charge in [0.1, 0.15) is 5.75 Å². The molecule has 1 N–H and O–H groups in total. The molecule has 0 atom stereocenters. The zero-order chi connectivity index (χ0) is 15.5. The van der Waals surface area contributed by atoms with Crippen LogP contribution in [0, 0.1) is 0 Å². The number of aromatic nitrogens is 1. The molecule has 0 spiro atoms. The van der Waals surface area contributed by atoms with Gasteiger partial charge in [0.2, 0.25) is 0 Å². The number of nitrogens with zero attached hydrogens (tertiary/aromatic N) is 1. The van der Waals surface area contributed by atoms with Gasteiger partial charge in [-0.1, -0.05) is 12.1 Å². The van der Waals surface area contributed by atoms with Crippen molar-refractivity contribution in [3.63, 3.8) is 0 Å². The van der Waals surface area contributed by atoms with Gasteiger partial charge in [-0.3, -0.25) is 4.79 Å². The van der Waals surface area contributed by atoms with Crippen molar-refractivity contribution in [3.05, 3.63) is 65.9 Å². The van der Waals surface area contributed by atoms with Crippen molar-refractivity contribution < 1.29 is 9.53 Å². The molecule has 3 rings (SSSR count). The first-order valence-electron chi connectivity index (χ1n) is 7.13. The fourth-order valence-corrected chi connectivity index (χ4v) is 2.49. The molecule has 1 heterocycles. The van der Waals surface area contributed by atoms with Gasteiger partial charge in [0.05, 0.1) is 7.11 Å². The third-order valence-corrected chi connectivity index (χ3v) is 3.73. The molecule has 2 aromatic carbocycles.